The van der Waals surface area contributed by atoms with E-state index in [0.717, 1.165) is 12.2 Å². The molecule has 0 saturated carbocycles. The summed E-state index contributed by atoms with van der Waals surface area (Å²) in [4.78, 5) is 0.207. The monoisotopic (exact) mass is 303 g/mol. The van der Waals surface area contributed by atoms with Crippen LogP contribution in [0.15, 0.2) is 23.1 Å². The minimum Gasteiger partial charge on any atom is -0.397 e. The highest BCUT2D eigenvalue weighted by Gasteiger charge is 2.18. The average Bonchev–Trinajstić information content (AvgIpc) is 2.36. The zero-order valence-electron chi connectivity index (χ0n) is 11.7. The molecule has 0 saturated heterocycles. The smallest absolute Gasteiger partial charge is 0.242 e. The molecular formula is C12H21N3O2S2. The van der Waals surface area contributed by atoms with Crippen molar-refractivity contribution in [2.75, 3.05) is 37.9 Å². The Bertz CT molecular complexity index is 530. The molecule has 108 valence electrons. The van der Waals surface area contributed by atoms with E-state index >= 15 is 0 Å². The average molecular weight is 303 g/mol. The molecule has 0 amide bonds. The van der Waals surface area contributed by atoms with Crippen molar-refractivity contribution in [1.82, 2.24) is 4.31 Å². The minimum absolute atomic E-state index is 0.207. The second-order valence-corrected chi connectivity index (χ2v) is 7.89. The Labute approximate surface area is 119 Å². The Hall–Kier alpha value is -0.920. The molecule has 1 atom stereocenters. The number of anilines is 2. The number of sulfonamides is 1. The van der Waals surface area contributed by atoms with Gasteiger partial charge in [-0.05, 0) is 24.5 Å². The number of nitrogens with two attached hydrogens (primary N) is 1. The molecule has 0 spiro atoms. The van der Waals surface area contributed by atoms with E-state index in [-0.39, 0.29) is 4.90 Å². The molecule has 0 fully saturated rings. The Balaban J connectivity index is 2.92. The van der Waals surface area contributed by atoms with E-state index in [4.69, 9.17) is 5.73 Å². The SMILES string of the molecule is CSC(C)CNc1ccc(S(=O)(=O)N(C)C)cc1N. The Kier molecular flexibility index (Phi) is 5.51. The van der Waals surface area contributed by atoms with Crippen LogP contribution in [0.4, 0.5) is 11.4 Å². The third kappa shape index (κ3) is 4.02. The lowest BCUT2D eigenvalue weighted by molar-refractivity contribution is 0.521. The van der Waals surface area contributed by atoms with Crippen LogP contribution in [0.1, 0.15) is 6.92 Å². The summed E-state index contributed by atoms with van der Waals surface area (Å²) in [6.07, 6.45) is 2.04. The molecule has 1 aromatic rings. The van der Waals surface area contributed by atoms with E-state index in [1.165, 1.54) is 24.5 Å². The molecule has 0 bridgehead atoms. The summed E-state index contributed by atoms with van der Waals surface area (Å²) in [6, 6.07) is 4.76. The lowest BCUT2D eigenvalue weighted by Gasteiger charge is -2.15. The van der Waals surface area contributed by atoms with Crippen LogP contribution in [0.25, 0.3) is 0 Å². The van der Waals surface area contributed by atoms with Gasteiger partial charge in [-0.3, -0.25) is 0 Å². The van der Waals surface area contributed by atoms with Gasteiger partial charge in [-0.1, -0.05) is 6.92 Å². The molecule has 0 heterocycles. The molecule has 0 radical (unpaired) electrons. The summed E-state index contributed by atoms with van der Waals surface area (Å²) >= 11 is 1.76. The van der Waals surface area contributed by atoms with Crippen molar-refractivity contribution in [3.05, 3.63) is 18.2 Å². The van der Waals surface area contributed by atoms with Gasteiger partial charge in [0.1, 0.15) is 0 Å². The molecular weight excluding hydrogens is 282 g/mol. The predicted octanol–water partition coefficient (Wildman–Crippen LogP) is 1.68. The number of nitrogens with one attached hydrogen (secondary N) is 1. The number of benzene rings is 1. The lowest BCUT2D eigenvalue weighted by atomic mass is 10.2. The van der Waals surface area contributed by atoms with Crippen molar-refractivity contribution in [2.45, 2.75) is 17.1 Å². The fraction of sp³-hybridized carbons (Fsp3) is 0.500. The first-order chi connectivity index (χ1) is 8.78. The maximum absolute atomic E-state index is 12.0. The highest BCUT2D eigenvalue weighted by Crippen LogP contribution is 2.24. The lowest BCUT2D eigenvalue weighted by Crippen LogP contribution is -2.22. The van der Waals surface area contributed by atoms with Gasteiger partial charge in [0.05, 0.1) is 16.3 Å². The van der Waals surface area contributed by atoms with E-state index in [0.29, 0.717) is 10.9 Å². The molecule has 0 aromatic heterocycles. The topological polar surface area (TPSA) is 75.4 Å². The number of nitrogen functional groups attached to an aromatic ring is 1. The fourth-order valence-electron chi connectivity index (χ4n) is 1.41. The number of rotatable bonds is 6. The van der Waals surface area contributed by atoms with E-state index in [2.05, 4.69) is 12.2 Å². The van der Waals surface area contributed by atoms with Gasteiger partial charge >= 0.3 is 0 Å². The largest absolute Gasteiger partial charge is 0.397 e. The summed E-state index contributed by atoms with van der Waals surface area (Å²) in [5.41, 5.74) is 7.10. The molecule has 0 aliphatic heterocycles. The van der Waals surface area contributed by atoms with Crippen LogP contribution in [0.3, 0.4) is 0 Å². The summed E-state index contributed by atoms with van der Waals surface area (Å²) < 4.78 is 25.1. The van der Waals surface area contributed by atoms with Crippen molar-refractivity contribution in [3.8, 4) is 0 Å². The van der Waals surface area contributed by atoms with Crippen molar-refractivity contribution >= 4 is 33.2 Å². The standard InChI is InChI=1S/C12H21N3O2S2/c1-9(18-4)8-14-12-6-5-10(7-11(12)13)19(16,17)15(2)3/h5-7,9,14H,8,13H2,1-4H3. The minimum atomic E-state index is -3.43. The molecule has 3 N–H and O–H groups in total. The van der Waals surface area contributed by atoms with Crippen LogP contribution in [0, 0.1) is 0 Å². The summed E-state index contributed by atoms with van der Waals surface area (Å²) in [5.74, 6) is 0. The van der Waals surface area contributed by atoms with Crippen LogP contribution >= 0.6 is 11.8 Å². The van der Waals surface area contributed by atoms with Crippen molar-refractivity contribution in [3.63, 3.8) is 0 Å². The third-order valence-electron chi connectivity index (χ3n) is 2.78. The van der Waals surface area contributed by atoms with Crippen LogP contribution in [-0.4, -0.2) is 44.9 Å². The predicted molar refractivity (Wildman–Crippen MR) is 83.2 cm³/mol. The van der Waals surface area contributed by atoms with Crippen molar-refractivity contribution in [2.24, 2.45) is 0 Å². The van der Waals surface area contributed by atoms with E-state index in [1.54, 1.807) is 23.9 Å². The first-order valence-corrected chi connectivity index (χ1v) is 8.60. The van der Waals surface area contributed by atoms with Gasteiger partial charge in [0.25, 0.3) is 0 Å². The zero-order chi connectivity index (χ0) is 14.6. The van der Waals surface area contributed by atoms with E-state index in [1.807, 2.05) is 6.26 Å². The highest BCUT2D eigenvalue weighted by atomic mass is 32.2. The van der Waals surface area contributed by atoms with Crippen molar-refractivity contribution in [1.29, 1.82) is 0 Å². The quantitative estimate of drug-likeness (QED) is 0.782. The number of hydrogen-bond acceptors (Lipinski definition) is 5. The van der Waals surface area contributed by atoms with Crippen molar-refractivity contribution < 1.29 is 8.42 Å². The summed E-state index contributed by atoms with van der Waals surface area (Å²) in [6.45, 7) is 2.89. The number of nitrogens with zero attached hydrogens (tertiary/aromatic N) is 1. The van der Waals surface area contributed by atoms with Gasteiger partial charge in [-0.25, -0.2) is 12.7 Å². The summed E-state index contributed by atoms with van der Waals surface area (Å²) in [7, 11) is -0.435. The Morgan fingerprint density at radius 1 is 1.42 bits per heavy atom. The first kappa shape index (κ1) is 16.1. The van der Waals surface area contributed by atoms with Gasteiger partial charge in [0, 0.05) is 25.9 Å². The van der Waals surface area contributed by atoms with E-state index in [9.17, 15) is 8.42 Å². The fourth-order valence-corrected chi connectivity index (χ4v) is 2.60. The molecule has 1 unspecified atom stereocenters. The van der Waals surface area contributed by atoms with Crippen LogP contribution < -0.4 is 11.1 Å². The van der Waals surface area contributed by atoms with Gasteiger partial charge in [-0.2, -0.15) is 11.8 Å². The Morgan fingerprint density at radius 3 is 2.53 bits per heavy atom. The molecule has 19 heavy (non-hydrogen) atoms. The van der Waals surface area contributed by atoms with Gasteiger partial charge in [-0.15, -0.1) is 0 Å². The number of thioether (sulfide) groups is 1. The zero-order valence-corrected chi connectivity index (χ0v) is 13.3. The highest BCUT2D eigenvalue weighted by molar-refractivity contribution is 7.99. The molecule has 0 aliphatic rings. The molecule has 1 aromatic carbocycles. The maximum Gasteiger partial charge on any atom is 0.242 e. The number of hydrogen-bond donors (Lipinski definition) is 2. The second-order valence-electron chi connectivity index (χ2n) is 4.46. The van der Waals surface area contributed by atoms with Gasteiger partial charge in [0.2, 0.25) is 10.0 Å². The molecule has 7 heteroatoms. The van der Waals surface area contributed by atoms with Gasteiger partial charge in [0.15, 0.2) is 0 Å². The van der Waals surface area contributed by atoms with E-state index < -0.39 is 10.0 Å². The van der Waals surface area contributed by atoms with Gasteiger partial charge < -0.3 is 11.1 Å². The first-order valence-electron chi connectivity index (χ1n) is 5.87. The second kappa shape index (κ2) is 6.49. The van der Waals surface area contributed by atoms with Crippen LogP contribution in [0.5, 0.6) is 0 Å². The molecule has 1 rings (SSSR count). The molecule has 0 aliphatic carbocycles. The van der Waals surface area contributed by atoms with Crippen LogP contribution in [0.2, 0.25) is 0 Å². The summed E-state index contributed by atoms with van der Waals surface area (Å²) in [5, 5.41) is 3.68. The normalized spacial score (nSPS) is 13.5. The van der Waals surface area contributed by atoms with Crippen LogP contribution in [-0.2, 0) is 10.0 Å². The maximum atomic E-state index is 12.0. The third-order valence-corrected chi connectivity index (χ3v) is 5.57. The Morgan fingerprint density at radius 2 is 2.05 bits per heavy atom. The molecule has 5 nitrogen and oxygen atoms in total.